The Bertz CT molecular complexity index is 1370. The number of hydrogen-bond donors (Lipinski definition) is 1. The van der Waals surface area contributed by atoms with Crippen LogP contribution in [0.15, 0.2) is 79.0 Å². The van der Waals surface area contributed by atoms with Crippen molar-refractivity contribution in [2.75, 3.05) is 33.9 Å². The van der Waals surface area contributed by atoms with Gasteiger partial charge in [-0.3, -0.25) is 4.79 Å². The maximum atomic E-state index is 13.5. The molecule has 0 fully saturated rings. The first kappa shape index (κ1) is 30.2. The van der Waals surface area contributed by atoms with Crippen LogP contribution in [0.4, 0.5) is 0 Å². The highest BCUT2D eigenvalue weighted by atomic mass is 16.5. The minimum atomic E-state index is -0.0919. The lowest BCUT2D eigenvalue weighted by molar-refractivity contribution is -0.121. The van der Waals surface area contributed by atoms with Crippen molar-refractivity contribution < 1.29 is 14.3 Å². The molecule has 0 spiro atoms. The van der Waals surface area contributed by atoms with Gasteiger partial charge >= 0.3 is 0 Å². The Balaban J connectivity index is 1.59. The van der Waals surface area contributed by atoms with Crippen molar-refractivity contribution in [3.8, 4) is 11.5 Å². The second-order valence-corrected chi connectivity index (χ2v) is 10.7. The molecule has 0 aliphatic rings. The van der Waals surface area contributed by atoms with Crippen LogP contribution in [-0.2, 0) is 11.3 Å². The van der Waals surface area contributed by atoms with Gasteiger partial charge in [0.15, 0.2) is 0 Å². The van der Waals surface area contributed by atoms with Crippen LogP contribution in [0, 0.1) is 0 Å². The fraction of sp³-hybridized carbons (Fsp3) is 0.400. The predicted octanol–water partition coefficient (Wildman–Crippen LogP) is 6.86. The Labute approximate surface area is 245 Å². The summed E-state index contributed by atoms with van der Waals surface area (Å²) < 4.78 is 13.1. The Morgan fingerprint density at radius 1 is 0.902 bits per heavy atom. The molecule has 1 N–H and O–H groups in total. The zero-order valence-electron chi connectivity index (χ0n) is 25.2. The van der Waals surface area contributed by atoms with Gasteiger partial charge in [0, 0.05) is 42.0 Å². The molecular weight excluding hydrogens is 510 g/mol. The topological polar surface area (TPSA) is 55.7 Å². The molecule has 0 bridgehead atoms. The highest BCUT2D eigenvalue weighted by Crippen LogP contribution is 2.36. The van der Waals surface area contributed by atoms with Gasteiger partial charge in [0.05, 0.1) is 14.2 Å². The van der Waals surface area contributed by atoms with Crippen molar-refractivity contribution in [1.82, 2.24) is 14.8 Å². The summed E-state index contributed by atoms with van der Waals surface area (Å²) >= 11 is 0. The molecular formula is C35H45N3O3. The summed E-state index contributed by atoms with van der Waals surface area (Å²) in [6, 6.07) is 24.9. The summed E-state index contributed by atoms with van der Waals surface area (Å²) in [5.41, 5.74) is 4.60. The van der Waals surface area contributed by atoms with Crippen LogP contribution in [0.5, 0.6) is 11.5 Å². The third kappa shape index (κ3) is 7.92. The lowest BCUT2D eigenvalue weighted by Crippen LogP contribution is -2.34. The predicted molar refractivity (Wildman–Crippen MR) is 168 cm³/mol. The molecule has 6 heteroatoms. The van der Waals surface area contributed by atoms with Crippen LogP contribution in [0.25, 0.3) is 10.9 Å². The lowest BCUT2D eigenvalue weighted by atomic mass is 9.88. The molecule has 6 nitrogen and oxygen atoms in total. The fourth-order valence-electron chi connectivity index (χ4n) is 5.61. The van der Waals surface area contributed by atoms with Crippen molar-refractivity contribution in [3.05, 3.63) is 95.7 Å². The summed E-state index contributed by atoms with van der Waals surface area (Å²) in [6.45, 7) is 10.4. The Kier molecular flexibility index (Phi) is 10.9. The second kappa shape index (κ2) is 14.7. The summed E-state index contributed by atoms with van der Waals surface area (Å²) in [4.78, 5) is 15.9. The normalized spacial score (nSPS) is 12.8. The average Bonchev–Trinajstić information content (AvgIpc) is 3.36. The number of nitrogens with zero attached hydrogens (tertiary/aromatic N) is 2. The third-order valence-corrected chi connectivity index (χ3v) is 8.03. The summed E-state index contributed by atoms with van der Waals surface area (Å²) in [5, 5.41) is 4.46. The van der Waals surface area contributed by atoms with Crippen molar-refractivity contribution in [2.24, 2.45) is 0 Å². The maximum absolute atomic E-state index is 13.5. The molecule has 4 aromatic rings. The first-order valence-electron chi connectivity index (χ1n) is 14.8. The van der Waals surface area contributed by atoms with E-state index in [0.29, 0.717) is 6.42 Å². The van der Waals surface area contributed by atoms with E-state index in [9.17, 15) is 4.79 Å². The van der Waals surface area contributed by atoms with E-state index in [1.165, 1.54) is 10.9 Å². The molecule has 1 aromatic heterocycles. The largest absolute Gasteiger partial charge is 0.497 e. The van der Waals surface area contributed by atoms with Crippen LogP contribution >= 0.6 is 0 Å². The third-order valence-electron chi connectivity index (χ3n) is 8.03. The number of amides is 1. The number of benzene rings is 3. The molecule has 0 aliphatic heterocycles. The Hall–Kier alpha value is -3.77. The van der Waals surface area contributed by atoms with Crippen LogP contribution < -0.4 is 14.8 Å². The first-order valence-corrected chi connectivity index (χ1v) is 14.8. The zero-order valence-corrected chi connectivity index (χ0v) is 25.2. The maximum Gasteiger partial charge on any atom is 0.221 e. The van der Waals surface area contributed by atoms with Crippen molar-refractivity contribution >= 4 is 16.8 Å². The highest BCUT2D eigenvalue weighted by molar-refractivity contribution is 5.87. The first-order chi connectivity index (χ1) is 19.9. The molecule has 4 rings (SSSR count). The van der Waals surface area contributed by atoms with Crippen molar-refractivity contribution in [2.45, 2.75) is 58.5 Å². The van der Waals surface area contributed by atoms with Gasteiger partial charge in [-0.1, -0.05) is 56.3 Å². The molecule has 0 unspecified atom stereocenters. The minimum absolute atomic E-state index is 0.0770. The van der Waals surface area contributed by atoms with E-state index in [0.717, 1.165) is 67.2 Å². The number of para-hydroxylation sites is 1. The van der Waals surface area contributed by atoms with E-state index < -0.39 is 0 Å². The van der Waals surface area contributed by atoms with E-state index >= 15 is 0 Å². The highest BCUT2D eigenvalue weighted by Gasteiger charge is 2.24. The molecule has 1 heterocycles. The van der Waals surface area contributed by atoms with Crippen molar-refractivity contribution in [1.29, 1.82) is 0 Å². The number of rotatable bonds is 15. The van der Waals surface area contributed by atoms with Gasteiger partial charge in [-0.15, -0.1) is 0 Å². The van der Waals surface area contributed by atoms with Gasteiger partial charge in [-0.2, -0.15) is 0 Å². The van der Waals surface area contributed by atoms with Crippen molar-refractivity contribution in [3.63, 3.8) is 0 Å². The van der Waals surface area contributed by atoms with Gasteiger partial charge in [-0.05, 0) is 86.4 Å². The zero-order chi connectivity index (χ0) is 29.2. The number of ether oxygens (including phenoxy) is 2. The molecule has 0 radical (unpaired) electrons. The SMILES string of the molecule is CCN(CC)CCC[C@H](C)NC(=O)C[C@H](c1ccc(OC)cc1)c1cn(Cc2ccc(OC)cc2)c2ccccc12. The average molecular weight is 556 g/mol. The fourth-order valence-corrected chi connectivity index (χ4v) is 5.61. The second-order valence-electron chi connectivity index (χ2n) is 10.7. The molecule has 218 valence electrons. The summed E-state index contributed by atoms with van der Waals surface area (Å²) in [6.07, 6.45) is 4.65. The Morgan fingerprint density at radius 2 is 1.54 bits per heavy atom. The molecule has 3 aromatic carbocycles. The van der Waals surface area contributed by atoms with E-state index in [-0.39, 0.29) is 17.9 Å². The number of fused-ring (bicyclic) bond motifs is 1. The van der Waals surface area contributed by atoms with E-state index in [1.54, 1.807) is 14.2 Å². The number of aromatic nitrogens is 1. The van der Waals surface area contributed by atoms with Gasteiger partial charge in [0.2, 0.25) is 5.91 Å². The quantitative estimate of drug-likeness (QED) is 0.174. The molecule has 1 amide bonds. The van der Waals surface area contributed by atoms with Gasteiger partial charge in [0.1, 0.15) is 11.5 Å². The minimum Gasteiger partial charge on any atom is -0.497 e. The molecule has 0 saturated carbocycles. The smallest absolute Gasteiger partial charge is 0.221 e. The van der Waals surface area contributed by atoms with Crippen LogP contribution in [0.3, 0.4) is 0 Å². The van der Waals surface area contributed by atoms with Gasteiger partial charge in [-0.25, -0.2) is 0 Å². The molecule has 2 atom stereocenters. The number of carbonyl (C=O) groups is 1. The lowest BCUT2D eigenvalue weighted by Gasteiger charge is -2.21. The van der Waals surface area contributed by atoms with E-state index in [1.807, 2.05) is 24.3 Å². The summed E-state index contributed by atoms with van der Waals surface area (Å²) in [5.74, 6) is 1.64. The van der Waals surface area contributed by atoms with Crippen LogP contribution in [0.1, 0.15) is 62.6 Å². The standard InChI is InChI=1S/C35H45N3O3/c1-6-37(7-2)22-10-11-26(3)36-35(39)23-32(28-16-20-30(41-5)21-17-28)33-25-38(34-13-9-8-12-31(33)34)24-27-14-18-29(40-4)19-15-27/h8-9,12-21,25-26,32H,6-7,10-11,22-24H2,1-5H3,(H,36,39)/t26-,32+/m0/s1. The number of hydrogen-bond acceptors (Lipinski definition) is 4. The molecule has 0 saturated heterocycles. The van der Waals surface area contributed by atoms with Crippen LogP contribution in [0.2, 0.25) is 0 Å². The number of methoxy groups -OCH3 is 2. The monoisotopic (exact) mass is 555 g/mol. The van der Waals surface area contributed by atoms with E-state index in [2.05, 4.69) is 90.3 Å². The Morgan fingerprint density at radius 3 is 2.17 bits per heavy atom. The number of nitrogens with one attached hydrogen (secondary N) is 1. The van der Waals surface area contributed by atoms with Gasteiger partial charge in [0.25, 0.3) is 0 Å². The molecule has 0 aliphatic carbocycles. The van der Waals surface area contributed by atoms with Crippen LogP contribution in [-0.4, -0.2) is 55.3 Å². The number of carbonyl (C=O) groups excluding carboxylic acids is 1. The van der Waals surface area contributed by atoms with E-state index in [4.69, 9.17) is 9.47 Å². The van der Waals surface area contributed by atoms with Gasteiger partial charge < -0.3 is 24.3 Å². The summed E-state index contributed by atoms with van der Waals surface area (Å²) in [7, 11) is 3.36. The molecule has 41 heavy (non-hydrogen) atoms.